The molecule has 2 aromatic carbocycles. The minimum absolute atomic E-state index is 0.130. The van der Waals surface area contributed by atoms with Gasteiger partial charge in [0.15, 0.2) is 5.17 Å². The monoisotopic (exact) mass is 355 g/mol. The SMILES string of the molecule is CCN(CC)C1=NC(=O)[C@H](CC(=O)Nc2ccc3ccccc3c2)S1. The number of amides is 2. The third kappa shape index (κ3) is 4.02. The number of benzene rings is 2. The van der Waals surface area contributed by atoms with Gasteiger partial charge >= 0.3 is 0 Å². The molecule has 130 valence electrons. The summed E-state index contributed by atoms with van der Waals surface area (Å²) in [5.74, 6) is -0.391. The number of fused-ring (bicyclic) bond motifs is 1. The number of thioether (sulfide) groups is 1. The Morgan fingerprint density at radius 1 is 1.16 bits per heavy atom. The van der Waals surface area contributed by atoms with Crippen LogP contribution in [-0.4, -0.2) is 40.2 Å². The van der Waals surface area contributed by atoms with Crippen molar-refractivity contribution in [1.82, 2.24) is 4.90 Å². The summed E-state index contributed by atoms with van der Waals surface area (Å²) in [6.07, 6.45) is 0.130. The van der Waals surface area contributed by atoms with E-state index in [1.165, 1.54) is 11.8 Å². The molecule has 0 unspecified atom stereocenters. The second-order valence-electron chi connectivity index (χ2n) is 5.83. The average Bonchev–Trinajstić information content (AvgIpc) is 2.96. The summed E-state index contributed by atoms with van der Waals surface area (Å²) >= 11 is 1.38. The van der Waals surface area contributed by atoms with Crippen LogP contribution in [0.5, 0.6) is 0 Å². The number of hydrogen-bond acceptors (Lipinski definition) is 4. The number of nitrogens with zero attached hydrogens (tertiary/aromatic N) is 2. The Bertz CT molecular complexity index is 830. The normalized spacial score (nSPS) is 16.8. The van der Waals surface area contributed by atoms with Crippen LogP contribution in [0, 0.1) is 0 Å². The van der Waals surface area contributed by atoms with E-state index in [1.807, 2.05) is 61.2 Å². The molecule has 0 aromatic heterocycles. The third-order valence-corrected chi connectivity index (χ3v) is 5.38. The zero-order valence-corrected chi connectivity index (χ0v) is 15.2. The lowest BCUT2D eigenvalue weighted by Gasteiger charge is -2.19. The van der Waals surface area contributed by atoms with Gasteiger partial charge in [-0.25, -0.2) is 0 Å². The molecular formula is C19H21N3O2S. The van der Waals surface area contributed by atoms with Crippen LogP contribution in [0.25, 0.3) is 10.8 Å². The van der Waals surface area contributed by atoms with Gasteiger partial charge in [0.05, 0.1) is 0 Å². The first kappa shape index (κ1) is 17.5. The van der Waals surface area contributed by atoms with Crippen molar-refractivity contribution < 1.29 is 9.59 Å². The van der Waals surface area contributed by atoms with Gasteiger partial charge in [-0.1, -0.05) is 42.1 Å². The standard InChI is InChI=1S/C19H21N3O2S/c1-3-22(4-2)19-21-18(24)16(25-19)12-17(23)20-15-10-9-13-7-5-6-8-14(13)11-15/h5-11,16H,3-4,12H2,1-2H3,(H,20,23)/t16-/m0/s1. The zero-order chi connectivity index (χ0) is 17.8. The van der Waals surface area contributed by atoms with Crippen molar-refractivity contribution in [3.05, 3.63) is 42.5 Å². The maximum absolute atomic E-state index is 12.3. The van der Waals surface area contributed by atoms with Gasteiger partial charge in [0.2, 0.25) is 5.91 Å². The van der Waals surface area contributed by atoms with Crippen LogP contribution in [0.1, 0.15) is 20.3 Å². The van der Waals surface area contributed by atoms with E-state index in [0.717, 1.165) is 34.7 Å². The molecule has 0 saturated carbocycles. The fourth-order valence-electron chi connectivity index (χ4n) is 2.79. The Hall–Kier alpha value is -2.34. The number of anilines is 1. The predicted octanol–water partition coefficient (Wildman–Crippen LogP) is 3.51. The van der Waals surface area contributed by atoms with Crippen LogP contribution < -0.4 is 5.32 Å². The maximum atomic E-state index is 12.3. The van der Waals surface area contributed by atoms with E-state index in [-0.39, 0.29) is 18.2 Å². The van der Waals surface area contributed by atoms with E-state index in [1.54, 1.807) is 0 Å². The summed E-state index contributed by atoms with van der Waals surface area (Å²) in [5.41, 5.74) is 0.740. The van der Waals surface area contributed by atoms with Crippen LogP contribution in [0.15, 0.2) is 47.5 Å². The van der Waals surface area contributed by atoms with E-state index in [9.17, 15) is 9.59 Å². The summed E-state index contributed by atoms with van der Waals surface area (Å²) in [6.45, 7) is 5.64. The summed E-state index contributed by atoms with van der Waals surface area (Å²) < 4.78 is 0. The molecule has 3 rings (SSSR count). The Morgan fingerprint density at radius 2 is 1.88 bits per heavy atom. The van der Waals surface area contributed by atoms with Crippen molar-refractivity contribution in [1.29, 1.82) is 0 Å². The molecule has 1 heterocycles. The second-order valence-corrected chi connectivity index (χ2v) is 7.00. The zero-order valence-electron chi connectivity index (χ0n) is 14.4. The van der Waals surface area contributed by atoms with Gasteiger partial charge in [0.25, 0.3) is 5.91 Å². The number of aliphatic imine (C=N–C) groups is 1. The summed E-state index contributed by atoms with van der Waals surface area (Å²) in [5, 5.41) is 5.36. The summed E-state index contributed by atoms with van der Waals surface area (Å²) in [6, 6.07) is 13.8. The predicted molar refractivity (Wildman–Crippen MR) is 104 cm³/mol. The molecule has 1 aliphatic heterocycles. The Kier molecular flexibility index (Phi) is 5.38. The fourth-order valence-corrected chi connectivity index (χ4v) is 3.98. The lowest BCUT2D eigenvalue weighted by Crippen LogP contribution is -2.27. The van der Waals surface area contributed by atoms with Crippen LogP contribution in [0.3, 0.4) is 0 Å². The van der Waals surface area contributed by atoms with Gasteiger partial charge in [-0.3, -0.25) is 9.59 Å². The number of carbonyl (C=O) groups excluding carboxylic acids is 2. The molecule has 0 fully saturated rings. The van der Waals surface area contributed by atoms with Crippen molar-refractivity contribution in [3.8, 4) is 0 Å². The van der Waals surface area contributed by atoms with E-state index >= 15 is 0 Å². The minimum Gasteiger partial charge on any atom is -0.352 e. The third-order valence-electron chi connectivity index (χ3n) is 4.17. The lowest BCUT2D eigenvalue weighted by molar-refractivity contribution is -0.121. The molecule has 25 heavy (non-hydrogen) atoms. The lowest BCUT2D eigenvalue weighted by atomic mass is 10.1. The molecule has 0 radical (unpaired) electrons. The molecule has 1 aliphatic rings. The van der Waals surface area contributed by atoms with Gasteiger partial charge in [-0.15, -0.1) is 0 Å². The minimum atomic E-state index is -0.434. The number of hydrogen-bond donors (Lipinski definition) is 1. The molecule has 0 spiro atoms. The smallest absolute Gasteiger partial charge is 0.262 e. The number of amidine groups is 1. The highest BCUT2D eigenvalue weighted by Gasteiger charge is 2.32. The highest BCUT2D eigenvalue weighted by molar-refractivity contribution is 8.15. The highest BCUT2D eigenvalue weighted by atomic mass is 32.2. The Balaban J connectivity index is 1.62. The quantitative estimate of drug-likeness (QED) is 0.891. The molecule has 0 aliphatic carbocycles. The first-order chi connectivity index (χ1) is 12.1. The molecular weight excluding hydrogens is 334 g/mol. The summed E-state index contributed by atoms with van der Waals surface area (Å²) in [7, 11) is 0. The first-order valence-corrected chi connectivity index (χ1v) is 9.31. The largest absolute Gasteiger partial charge is 0.352 e. The van der Waals surface area contributed by atoms with E-state index in [4.69, 9.17) is 0 Å². The molecule has 2 aromatic rings. The van der Waals surface area contributed by atoms with Crippen molar-refractivity contribution in [2.45, 2.75) is 25.5 Å². The van der Waals surface area contributed by atoms with Gasteiger partial charge in [-0.2, -0.15) is 4.99 Å². The van der Waals surface area contributed by atoms with Crippen molar-refractivity contribution in [2.24, 2.45) is 4.99 Å². The number of nitrogens with one attached hydrogen (secondary N) is 1. The molecule has 6 heteroatoms. The molecule has 2 amide bonds. The average molecular weight is 355 g/mol. The van der Waals surface area contributed by atoms with Crippen LogP contribution in [0.4, 0.5) is 5.69 Å². The van der Waals surface area contributed by atoms with Gasteiger partial charge < -0.3 is 10.2 Å². The van der Waals surface area contributed by atoms with Crippen LogP contribution in [0.2, 0.25) is 0 Å². The van der Waals surface area contributed by atoms with E-state index in [2.05, 4.69) is 10.3 Å². The van der Waals surface area contributed by atoms with Gasteiger partial charge in [-0.05, 0) is 36.8 Å². The first-order valence-electron chi connectivity index (χ1n) is 8.43. The highest BCUT2D eigenvalue weighted by Crippen LogP contribution is 2.27. The molecule has 0 bridgehead atoms. The Labute approximate surface area is 151 Å². The van der Waals surface area contributed by atoms with Crippen molar-refractivity contribution in [2.75, 3.05) is 18.4 Å². The molecule has 0 saturated heterocycles. The fraction of sp³-hybridized carbons (Fsp3) is 0.316. The maximum Gasteiger partial charge on any atom is 0.262 e. The van der Waals surface area contributed by atoms with Gasteiger partial charge in [0, 0.05) is 25.2 Å². The van der Waals surface area contributed by atoms with Crippen LogP contribution >= 0.6 is 11.8 Å². The van der Waals surface area contributed by atoms with E-state index < -0.39 is 5.25 Å². The van der Waals surface area contributed by atoms with E-state index in [0.29, 0.717) is 0 Å². The number of carbonyl (C=O) groups is 2. The van der Waals surface area contributed by atoms with Crippen molar-refractivity contribution >= 4 is 45.2 Å². The summed E-state index contributed by atoms with van der Waals surface area (Å²) in [4.78, 5) is 30.5. The second kappa shape index (κ2) is 7.70. The topological polar surface area (TPSA) is 61.8 Å². The number of rotatable bonds is 5. The van der Waals surface area contributed by atoms with Crippen LogP contribution in [-0.2, 0) is 9.59 Å². The van der Waals surface area contributed by atoms with Crippen molar-refractivity contribution in [3.63, 3.8) is 0 Å². The van der Waals surface area contributed by atoms with Gasteiger partial charge in [0.1, 0.15) is 5.25 Å². The molecule has 1 N–H and O–H groups in total. The molecule has 1 atom stereocenters. The Morgan fingerprint density at radius 3 is 2.60 bits per heavy atom. The molecule has 5 nitrogen and oxygen atoms in total.